The van der Waals surface area contributed by atoms with Gasteiger partial charge in [-0.25, -0.2) is 24.0 Å². The molecule has 0 bridgehead atoms. The molecule has 0 rings (SSSR count). The van der Waals surface area contributed by atoms with Crippen molar-refractivity contribution < 1.29 is 58.6 Å². The van der Waals surface area contributed by atoms with E-state index in [0.717, 1.165) is 13.8 Å². The molecule has 5 atom stereocenters. The number of esters is 3. The Labute approximate surface area is 154 Å². The maximum absolute atomic E-state index is 11.5. The van der Waals surface area contributed by atoms with Gasteiger partial charge in [0.05, 0.1) is 0 Å². The quantitative estimate of drug-likeness (QED) is 0.280. The number of carboxylic acid groups (broad SMARTS) is 2. The zero-order valence-corrected chi connectivity index (χ0v) is 15.4. The zero-order chi connectivity index (χ0) is 21.9. The van der Waals surface area contributed by atoms with Gasteiger partial charge in [-0.3, -0.25) is 0 Å². The fourth-order valence-corrected chi connectivity index (χ4v) is 0.959. The number of rotatable bonds is 8. The van der Waals surface area contributed by atoms with Crippen molar-refractivity contribution in [1.82, 2.24) is 0 Å². The predicted molar refractivity (Wildman–Crippen MR) is 85.3 cm³/mol. The Morgan fingerprint density at radius 1 is 0.556 bits per heavy atom. The first-order valence-corrected chi connectivity index (χ1v) is 7.63. The van der Waals surface area contributed by atoms with Gasteiger partial charge in [0.25, 0.3) is 0 Å². The van der Waals surface area contributed by atoms with Crippen molar-refractivity contribution in [2.75, 3.05) is 0 Å². The van der Waals surface area contributed by atoms with Gasteiger partial charge < -0.3 is 34.6 Å². The Bertz CT molecular complexity index is 539. The highest BCUT2D eigenvalue weighted by Gasteiger charge is 2.28. The van der Waals surface area contributed by atoms with E-state index < -0.39 is 60.4 Å². The minimum Gasteiger partial charge on any atom is -0.479 e. The summed E-state index contributed by atoms with van der Waals surface area (Å²) >= 11 is 0. The maximum atomic E-state index is 11.5. The summed E-state index contributed by atoms with van der Waals surface area (Å²) in [6.07, 6.45) is -6.72. The van der Waals surface area contributed by atoms with Gasteiger partial charge in [0.1, 0.15) is 12.2 Å². The van der Waals surface area contributed by atoms with Gasteiger partial charge in [0, 0.05) is 0 Å². The number of carbonyl (C=O) groups excluding carboxylic acids is 3. The molecule has 0 aliphatic heterocycles. The normalized spacial score (nSPS) is 15.5. The third-order valence-electron chi connectivity index (χ3n) is 2.59. The molecule has 0 aliphatic carbocycles. The monoisotopic (exact) mass is 396 g/mol. The molecule has 0 aromatic carbocycles. The first-order valence-electron chi connectivity index (χ1n) is 7.63. The molecule has 5 unspecified atom stereocenters. The fraction of sp³-hybridized carbons (Fsp3) is 0.667. The predicted octanol–water partition coefficient (Wildman–Crippen LogP) is -1.30. The van der Waals surface area contributed by atoms with Crippen LogP contribution in [-0.4, -0.2) is 80.8 Å². The van der Waals surface area contributed by atoms with Gasteiger partial charge in [0.2, 0.25) is 0 Å². The number of carbonyl (C=O) groups is 5. The van der Waals surface area contributed by atoms with Crippen LogP contribution in [0.25, 0.3) is 0 Å². The van der Waals surface area contributed by atoms with Crippen molar-refractivity contribution in [1.29, 1.82) is 0 Å². The molecule has 4 N–H and O–H groups in total. The third-order valence-corrected chi connectivity index (χ3v) is 2.59. The second kappa shape index (κ2) is 12.6. The smallest absolute Gasteiger partial charge is 0.347 e. The molecule has 27 heavy (non-hydrogen) atoms. The topological polar surface area (TPSA) is 194 Å². The highest BCUT2D eigenvalue weighted by Crippen LogP contribution is 2.04. The first kappa shape index (κ1) is 26.5. The molecule has 12 nitrogen and oxygen atoms in total. The molecule has 156 valence electrons. The summed E-state index contributed by atoms with van der Waals surface area (Å²) in [5.74, 6) is -5.63. The Morgan fingerprint density at radius 3 is 1.11 bits per heavy atom. The standard InChI is InChI=1S/C12H18O9.C3H6O3/c1-5(13)10(16)20-7(3)12(18)21-8(4)11(17)19-6(2)9(14)15;1-2(4)3(5)6/h5-8,13H,1-4H3,(H,14,15);2,4H,1H3,(H,5,6). The molecule has 0 aromatic heterocycles. The lowest BCUT2D eigenvalue weighted by Crippen LogP contribution is -2.36. The summed E-state index contributed by atoms with van der Waals surface area (Å²) < 4.78 is 13.7. The third kappa shape index (κ3) is 12.3. The summed E-state index contributed by atoms with van der Waals surface area (Å²) in [4.78, 5) is 54.0. The number of ether oxygens (including phenoxy) is 3. The number of aliphatic carboxylic acids is 2. The average Bonchev–Trinajstić information content (AvgIpc) is 2.54. The molecule has 12 heteroatoms. The summed E-state index contributed by atoms with van der Waals surface area (Å²) in [5.41, 5.74) is 0. The van der Waals surface area contributed by atoms with E-state index in [4.69, 9.17) is 20.4 Å². The Morgan fingerprint density at radius 2 is 0.852 bits per heavy atom. The van der Waals surface area contributed by atoms with Gasteiger partial charge in [-0.1, -0.05) is 0 Å². The van der Waals surface area contributed by atoms with E-state index in [1.54, 1.807) is 0 Å². The van der Waals surface area contributed by atoms with Crippen molar-refractivity contribution in [2.45, 2.75) is 65.1 Å². The second-order valence-corrected chi connectivity index (χ2v) is 5.27. The molecule has 0 aromatic rings. The molecule has 0 saturated carbocycles. The number of aliphatic hydroxyl groups is 2. The average molecular weight is 396 g/mol. The lowest BCUT2D eigenvalue weighted by Gasteiger charge is -2.18. The van der Waals surface area contributed by atoms with Crippen LogP contribution in [0.4, 0.5) is 0 Å². The molecule has 0 amide bonds. The van der Waals surface area contributed by atoms with E-state index in [0.29, 0.717) is 0 Å². The van der Waals surface area contributed by atoms with E-state index in [1.165, 1.54) is 20.8 Å². The van der Waals surface area contributed by atoms with Gasteiger partial charge in [0.15, 0.2) is 18.3 Å². The van der Waals surface area contributed by atoms with Crippen molar-refractivity contribution >= 4 is 29.8 Å². The molecule has 0 saturated heterocycles. The van der Waals surface area contributed by atoms with Gasteiger partial charge >= 0.3 is 29.8 Å². The van der Waals surface area contributed by atoms with Crippen LogP contribution >= 0.6 is 0 Å². The second-order valence-electron chi connectivity index (χ2n) is 5.27. The van der Waals surface area contributed by atoms with Crippen molar-refractivity contribution in [3.63, 3.8) is 0 Å². The number of aliphatic hydroxyl groups excluding tert-OH is 2. The van der Waals surface area contributed by atoms with E-state index in [2.05, 4.69) is 14.2 Å². The minimum absolute atomic E-state index is 1.02. The molecule has 0 radical (unpaired) electrons. The van der Waals surface area contributed by atoms with Crippen LogP contribution in [0.1, 0.15) is 34.6 Å². The Hall–Kier alpha value is -2.73. The molecule has 0 spiro atoms. The molecular weight excluding hydrogens is 372 g/mol. The van der Waals surface area contributed by atoms with Gasteiger partial charge in [-0.2, -0.15) is 0 Å². The maximum Gasteiger partial charge on any atom is 0.347 e. The highest BCUT2D eigenvalue weighted by molar-refractivity contribution is 5.84. The lowest BCUT2D eigenvalue weighted by molar-refractivity contribution is -0.182. The summed E-state index contributed by atoms with van der Waals surface area (Å²) in [7, 11) is 0. The summed E-state index contributed by atoms with van der Waals surface area (Å²) in [6.45, 7) is 5.87. The van der Waals surface area contributed by atoms with Crippen LogP contribution in [0.2, 0.25) is 0 Å². The molecule has 0 fully saturated rings. The zero-order valence-electron chi connectivity index (χ0n) is 15.4. The van der Waals surface area contributed by atoms with E-state index in [-0.39, 0.29) is 0 Å². The van der Waals surface area contributed by atoms with Gasteiger partial charge in [-0.05, 0) is 34.6 Å². The summed E-state index contributed by atoms with van der Waals surface area (Å²) in [5, 5.41) is 33.3. The Balaban J connectivity index is 0. The first-order chi connectivity index (χ1) is 12.2. The van der Waals surface area contributed by atoms with E-state index >= 15 is 0 Å². The largest absolute Gasteiger partial charge is 0.479 e. The van der Waals surface area contributed by atoms with Crippen molar-refractivity contribution in [3.05, 3.63) is 0 Å². The highest BCUT2D eigenvalue weighted by atomic mass is 16.6. The van der Waals surface area contributed by atoms with Crippen LogP contribution in [0.3, 0.4) is 0 Å². The SMILES string of the molecule is CC(O)C(=O)O.CC(O)C(=O)OC(C)C(=O)OC(C)C(=O)OC(C)C(=O)O. The summed E-state index contributed by atoms with van der Waals surface area (Å²) in [6, 6.07) is 0. The molecule has 0 aliphatic rings. The van der Waals surface area contributed by atoms with Crippen molar-refractivity contribution in [3.8, 4) is 0 Å². The van der Waals surface area contributed by atoms with Crippen LogP contribution in [-0.2, 0) is 38.2 Å². The van der Waals surface area contributed by atoms with E-state index in [9.17, 15) is 24.0 Å². The molecular formula is C15H24O12. The minimum atomic E-state index is -1.40. The fourth-order valence-electron chi connectivity index (χ4n) is 0.959. The number of hydrogen-bond acceptors (Lipinski definition) is 10. The van der Waals surface area contributed by atoms with Crippen LogP contribution in [0, 0.1) is 0 Å². The molecule has 0 heterocycles. The van der Waals surface area contributed by atoms with Crippen LogP contribution in [0.5, 0.6) is 0 Å². The van der Waals surface area contributed by atoms with Crippen LogP contribution < -0.4 is 0 Å². The number of hydrogen-bond donors (Lipinski definition) is 4. The van der Waals surface area contributed by atoms with Gasteiger partial charge in [-0.15, -0.1) is 0 Å². The van der Waals surface area contributed by atoms with Crippen LogP contribution in [0.15, 0.2) is 0 Å². The lowest BCUT2D eigenvalue weighted by atomic mass is 10.3. The Kier molecular flexibility index (Phi) is 12.4. The number of carboxylic acids is 2. The van der Waals surface area contributed by atoms with E-state index in [1.807, 2.05) is 0 Å². The van der Waals surface area contributed by atoms with Crippen molar-refractivity contribution in [2.24, 2.45) is 0 Å².